The molecule has 0 amide bonds. The van der Waals surface area contributed by atoms with Gasteiger partial charge in [-0.2, -0.15) is 0 Å². The molecule has 0 bridgehead atoms. The molecule has 0 fully saturated rings. The van der Waals surface area contributed by atoms with Gasteiger partial charge in [-0.15, -0.1) is 0 Å². The Labute approximate surface area is 102 Å². The number of nitrogens with one attached hydrogen (secondary N) is 1. The molecule has 4 nitrogen and oxygen atoms in total. The van der Waals surface area contributed by atoms with Crippen LogP contribution in [0.4, 0.5) is 0 Å². The summed E-state index contributed by atoms with van der Waals surface area (Å²) in [5.74, 6) is 1.67. The van der Waals surface area contributed by atoms with Crippen molar-refractivity contribution in [2.75, 3.05) is 13.8 Å². The first-order valence-electron chi connectivity index (χ1n) is 6.03. The van der Waals surface area contributed by atoms with Crippen molar-refractivity contribution in [2.45, 2.75) is 31.8 Å². The van der Waals surface area contributed by atoms with Gasteiger partial charge in [0, 0.05) is 12.1 Å². The molecule has 2 unspecified atom stereocenters. The Kier molecular flexibility index (Phi) is 3.86. The molecule has 1 heterocycles. The summed E-state index contributed by atoms with van der Waals surface area (Å²) in [7, 11) is 1.97. The second-order valence-electron chi connectivity index (χ2n) is 4.51. The molecule has 94 valence electrons. The van der Waals surface area contributed by atoms with Gasteiger partial charge in [0.05, 0.1) is 0 Å². The van der Waals surface area contributed by atoms with Crippen molar-refractivity contribution in [1.82, 2.24) is 5.32 Å². The van der Waals surface area contributed by atoms with E-state index in [1.54, 1.807) is 0 Å². The summed E-state index contributed by atoms with van der Waals surface area (Å²) in [6.45, 7) is 2.36. The number of hydrogen-bond donors (Lipinski definition) is 2. The van der Waals surface area contributed by atoms with Crippen molar-refractivity contribution in [3.05, 3.63) is 23.8 Å². The summed E-state index contributed by atoms with van der Waals surface area (Å²) in [4.78, 5) is 0. The fourth-order valence-corrected chi connectivity index (χ4v) is 2.04. The summed E-state index contributed by atoms with van der Waals surface area (Å²) < 4.78 is 10.7. The second-order valence-corrected chi connectivity index (χ2v) is 4.51. The number of rotatable bonds is 5. The molecule has 0 radical (unpaired) electrons. The highest BCUT2D eigenvalue weighted by Gasteiger charge is 2.17. The van der Waals surface area contributed by atoms with Gasteiger partial charge in [0.2, 0.25) is 6.79 Å². The maximum absolute atomic E-state index is 5.79. The Hall–Kier alpha value is -1.26. The lowest BCUT2D eigenvalue weighted by Crippen LogP contribution is -2.21. The van der Waals surface area contributed by atoms with Crippen LogP contribution in [-0.4, -0.2) is 19.9 Å². The monoisotopic (exact) mass is 236 g/mol. The third-order valence-electron chi connectivity index (χ3n) is 3.06. The highest BCUT2D eigenvalue weighted by molar-refractivity contribution is 5.45. The normalized spacial score (nSPS) is 16.9. The van der Waals surface area contributed by atoms with Gasteiger partial charge in [0.1, 0.15) is 0 Å². The molecule has 0 spiro atoms. The summed E-state index contributed by atoms with van der Waals surface area (Å²) >= 11 is 0. The van der Waals surface area contributed by atoms with E-state index in [0.717, 1.165) is 24.3 Å². The van der Waals surface area contributed by atoms with E-state index in [-0.39, 0.29) is 6.04 Å². The molecule has 2 atom stereocenters. The van der Waals surface area contributed by atoms with Crippen LogP contribution in [0.2, 0.25) is 0 Å². The highest BCUT2D eigenvalue weighted by Crippen LogP contribution is 2.34. The molecular weight excluding hydrogens is 216 g/mol. The summed E-state index contributed by atoms with van der Waals surface area (Å²) in [6, 6.07) is 6.64. The average molecular weight is 236 g/mol. The van der Waals surface area contributed by atoms with Crippen molar-refractivity contribution in [1.29, 1.82) is 0 Å². The van der Waals surface area contributed by atoms with Gasteiger partial charge < -0.3 is 20.5 Å². The zero-order valence-corrected chi connectivity index (χ0v) is 10.4. The SMILES string of the molecule is CNC(CCC(C)N)c1ccc2c(c1)OCO2. The average Bonchev–Trinajstić information content (AvgIpc) is 2.76. The largest absolute Gasteiger partial charge is 0.454 e. The van der Waals surface area contributed by atoms with E-state index in [1.807, 2.05) is 26.1 Å². The third-order valence-corrected chi connectivity index (χ3v) is 3.06. The van der Waals surface area contributed by atoms with Gasteiger partial charge in [-0.3, -0.25) is 0 Å². The molecule has 0 saturated heterocycles. The van der Waals surface area contributed by atoms with Gasteiger partial charge in [-0.1, -0.05) is 6.07 Å². The van der Waals surface area contributed by atoms with E-state index in [9.17, 15) is 0 Å². The lowest BCUT2D eigenvalue weighted by atomic mass is 10.00. The first kappa shape index (κ1) is 12.2. The molecule has 1 aromatic carbocycles. The molecule has 1 aliphatic heterocycles. The Balaban J connectivity index is 2.08. The fraction of sp³-hybridized carbons (Fsp3) is 0.538. The molecule has 1 aromatic rings. The number of benzene rings is 1. The number of ether oxygens (including phenoxy) is 2. The third kappa shape index (κ3) is 2.90. The quantitative estimate of drug-likeness (QED) is 0.818. The minimum absolute atomic E-state index is 0.236. The van der Waals surface area contributed by atoms with Gasteiger partial charge >= 0.3 is 0 Å². The lowest BCUT2D eigenvalue weighted by Gasteiger charge is -2.18. The van der Waals surface area contributed by atoms with Crippen molar-refractivity contribution in [2.24, 2.45) is 5.73 Å². The van der Waals surface area contributed by atoms with E-state index >= 15 is 0 Å². The first-order chi connectivity index (χ1) is 8.20. The predicted octanol–water partition coefficient (Wildman–Crippen LogP) is 1.80. The van der Waals surface area contributed by atoms with Crippen LogP contribution in [0.1, 0.15) is 31.4 Å². The van der Waals surface area contributed by atoms with Crippen molar-refractivity contribution < 1.29 is 9.47 Å². The second kappa shape index (κ2) is 5.38. The standard InChI is InChI=1S/C13H20N2O2/c1-9(14)3-5-11(15-2)10-4-6-12-13(7-10)17-8-16-12/h4,6-7,9,11,15H,3,5,8,14H2,1-2H3. The predicted molar refractivity (Wildman–Crippen MR) is 67.2 cm³/mol. The van der Waals surface area contributed by atoms with Crippen molar-refractivity contribution >= 4 is 0 Å². The summed E-state index contributed by atoms with van der Waals surface area (Å²) in [6.07, 6.45) is 2.02. The number of hydrogen-bond acceptors (Lipinski definition) is 4. The number of fused-ring (bicyclic) bond motifs is 1. The first-order valence-corrected chi connectivity index (χ1v) is 6.03. The minimum atomic E-state index is 0.236. The van der Waals surface area contributed by atoms with E-state index in [0.29, 0.717) is 12.8 Å². The smallest absolute Gasteiger partial charge is 0.231 e. The van der Waals surface area contributed by atoms with Crippen LogP contribution in [0.3, 0.4) is 0 Å². The van der Waals surface area contributed by atoms with Gasteiger partial charge in [0.25, 0.3) is 0 Å². The van der Waals surface area contributed by atoms with Crippen LogP contribution < -0.4 is 20.5 Å². The molecule has 1 aliphatic rings. The highest BCUT2D eigenvalue weighted by atomic mass is 16.7. The lowest BCUT2D eigenvalue weighted by molar-refractivity contribution is 0.174. The van der Waals surface area contributed by atoms with E-state index in [4.69, 9.17) is 15.2 Å². The van der Waals surface area contributed by atoms with Crippen molar-refractivity contribution in [3.8, 4) is 11.5 Å². The topological polar surface area (TPSA) is 56.5 Å². The Morgan fingerprint density at radius 3 is 2.76 bits per heavy atom. The van der Waals surface area contributed by atoms with Crippen LogP contribution in [0.15, 0.2) is 18.2 Å². The van der Waals surface area contributed by atoms with Crippen LogP contribution in [-0.2, 0) is 0 Å². The summed E-state index contributed by atoms with van der Waals surface area (Å²) in [5, 5.41) is 3.31. The fourth-order valence-electron chi connectivity index (χ4n) is 2.04. The molecule has 2 rings (SSSR count). The van der Waals surface area contributed by atoms with Crippen LogP contribution in [0, 0.1) is 0 Å². The van der Waals surface area contributed by atoms with Crippen molar-refractivity contribution in [3.63, 3.8) is 0 Å². The molecule has 0 saturated carbocycles. The van der Waals surface area contributed by atoms with Crippen LogP contribution in [0.5, 0.6) is 11.5 Å². The molecule has 0 aliphatic carbocycles. The zero-order valence-electron chi connectivity index (χ0n) is 10.4. The summed E-state index contributed by atoms with van der Waals surface area (Å²) in [5.41, 5.74) is 7.01. The molecule has 17 heavy (non-hydrogen) atoms. The maximum atomic E-state index is 5.79. The Morgan fingerprint density at radius 2 is 2.06 bits per heavy atom. The number of nitrogens with two attached hydrogens (primary N) is 1. The van der Waals surface area contributed by atoms with Gasteiger partial charge in [0.15, 0.2) is 11.5 Å². The van der Waals surface area contributed by atoms with Crippen LogP contribution >= 0.6 is 0 Å². The zero-order chi connectivity index (χ0) is 12.3. The van der Waals surface area contributed by atoms with E-state index < -0.39 is 0 Å². The minimum Gasteiger partial charge on any atom is -0.454 e. The van der Waals surface area contributed by atoms with Gasteiger partial charge in [-0.05, 0) is 44.5 Å². The molecule has 3 N–H and O–H groups in total. The molecule has 4 heteroatoms. The van der Waals surface area contributed by atoms with Crippen LogP contribution in [0.25, 0.3) is 0 Å². The molecular formula is C13H20N2O2. The Bertz CT molecular complexity index is 380. The molecule has 0 aromatic heterocycles. The van der Waals surface area contributed by atoms with E-state index in [2.05, 4.69) is 11.4 Å². The maximum Gasteiger partial charge on any atom is 0.231 e. The van der Waals surface area contributed by atoms with E-state index in [1.165, 1.54) is 5.56 Å². The Morgan fingerprint density at radius 1 is 1.29 bits per heavy atom. The van der Waals surface area contributed by atoms with Gasteiger partial charge in [-0.25, -0.2) is 0 Å².